The van der Waals surface area contributed by atoms with Gasteiger partial charge in [0.05, 0.1) is 4.90 Å². The molecule has 1 fully saturated rings. The predicted molar refractivity (Wildman–Crippen MR) is 78.0 cm³/mol. The van der Waals surface area contributed by atoms with E-state index >= 15 is 0 Å². The average Bonchev–Trinajstić information content (AvgIpc) is 2.77. The van der Waals surface area contributed by atoms with Crippen LogP contribution in [0.1, 0.15) is 25.3 Å². The summed E-state index contributed by atoms with van der Waals surface area (Å²) in [5, 5.41) is 9.34. The molecule has 0 bridgehead atoms. The molecule has 1 aliphatic rings. The molecule has 110 valence electrons. The number of carbonyl (C=O) groups is 1. The van der Waals surface area contributed by atoms with E-state index in [4.69, 9.17) is 0 Å². The van der Waals surface area contributed by atoms with Gasteiger partial charge in [-0.3, -0.25) is 4.79 Å². The molecule has 20 heavy (non-hydrogen) atoms. The molecule has 1 unspecified atom stereocenters. The fraction of sp³-hybridized carbons (Fsp3) is 0.462. The first-order valence-electron chi connectivity index (χ1n) is 6.22. The monoisotopic (exact) mass is 361 g/mol. The van der Waals surface area contributed by atoms with E-state index in [2.05, 4.69) is 15.9 Å². The van der Waals surface area contributed by atoms with Gasteiger partial charge in [0, 0.05) is 11.0 Å². The smallest absolute Gasteiger partial charge is 0.324 e. The second-order valence-corrected chi connectivity index (χ2v) is 7.89. The van der Waals surface area contributed by atoms with Crippen molar-refractivity contribution in [3.63, 3.8) is 0 Å². The van der Waals surface area contributed by atoms with Crippen molar-refractivity contribution < 1.29 is 18.3 Å². The van der Waals surface area contributed by atoms with E-state index in [1.165, 1.54) is 13.0 Å². The van der Waals surface area contributed by atoms with Crippen LogP contribution in [0.3, 0.4) is 0 Å². The maximum Gasteiger partial charge on any atom is 0.324 e. The van der Waals surface area contributed by atoms with Crippen molar-refractivity contribution in [2.24, 2.45) is 0 Å². The van der Waals surface area contributed by atoms with Crippen molar-refractivity contribution in [1.29, 1.82) is 0 Å². The lowest BCUT2D eigenvalue weighted by Crippen LogP contribution is -2.50. The van der Waals surface area contributed by atoms with Gasteiger partial charge in [0.1, 0.15) is 5.54 Å². The van der Waals surface area contributed by atoms with Gasteiger partial charge in [-0.1, -0.05) is 15.9 Å². The van der Waals surface area contributed by atoms with E-state index in [0.29, 0.717) is 12.8 Å². The summed E-state index contributed by atoms with van der Waals surface area (Å²) in [6.07, 6.45) is 0.884. The molecule has 1 aromatic carbocycles. The molecule has 0 spiro atoms. The van der Waals surface area contributed by atoms with E-state index in [-0.39, 0.29) is 11.4 Å². The number of hydrogen-bond donors (Lipinski definition) is 1. The molecule has 0 aromatic heterocycles. The van der Waals surface area contributed by atoms with Crippen molar-refractivity contribution in [3.05, 3.63) is 28.2 Å². The summed E-state index contributed by atoms with van der Waals surface area (Å²) in [4.78, 5) is 11.6. The summed E-state index contributed by atoms with van der Waals surface area (Å²) in [6.45, 7) is 3.50. The van der Waals surface area contributed by atoms with Crippen molar-refractivity contribution in [3.8, 4) is 0 Å². The number of benzene rings is 1. The van der Waals surface area contributed by atoms with Gasteiger partial charge in [-0.25, -0.2) is 8.42 Å². The van der Waals surface area contributed by atoms with Crippen molar-refractivity contribution >= 4 is 31.9 Å². The maximum absolute atomic E-state index is 12.7. The Morgan fingerprint density at radius 2 is 2.10 bits per heavy atom. The van der Waals surface area contributed by atoms with Crippen LogP contribution >= 0.6 is 15.9 Å². The number of hydrogen-bond acceptors (Lipinski definition) is 3. The van der Waals surface area contributed by atoms with E-state index < -0.39 is 21.5 Å². The van der Waals surface area contributed by atoms with Crippen LogP contribution in [0.4, 0.5) is 0 Å². The van der Waals surface area contributed by atoms with Gasteiger partial charge in [-0.05, 0) is 50.5 Å². The number of carboxylic acid groups (broad SMARTS) is 1. The molecule has 1 N–H and O–H groups in total. The van der Waals surface area contributed by atoms with Gasteiger partial charge in [0.2, 0.25) is 10.0 Å². The molecule has 7 heteroatoms. The molecule has 1 atom stereocenters. The number of sulfonamides is 1. The minimum absolute atomic E-state index is 0.132. The Bertz CT molecular complexity index is 658. The zero-order chi connectivity index (χ0) is 15.1. The maximum atomic E-state index is 12.7. The molecular formula is C13H16BrNO4S. The number of carboxylic acids is 1. The molecule has 1 saturated heterocycles. The van der Waals surface area contributed by atoms with E-state index in [1.54, 1.807) is 19.1 Å². The highest BCUT2D eigenvalue weighted by Gasteiger charge is 2.49. The Morgan fingerprint density at radius 3 is 2.65 bits per heavy atom. The third-order valence-electron chi connectivity index (χ3n) is 3.75. The highest BCUT2D eigenvalue weighted by Crippen LogP contribution is 2.35. The zero-order valence-corrected chi connectivity index (χ0v) is 13.7. The summed E-state index contributed by atoms with van der Waals surface area (Å²) in [5.41, 5.74) is -0.568. The van der Waals surface area contributed by atoms with Crippen LogP contribution in [0, 0.1) is 6.92 Å². The second kappa shape index (κ2) is 5.13. The Balaban J connectivity index is 2.49. The molecule has 1 aromatic rings. The molecule has 0 radical (unpaired) electrons. The number of aliphatic carboxylic acids is 1. The number of halogens is 1. The number of nitrogens with zero attached hydrogens (tertiary/aromatic N) is 1. The summed E-state index contributed by atoms with van der Waals surface area (Å²) in [6, 6.07) is 4.71. The highest BCUT2D eigenvalue weighted by atomic mass is 79.9. The third kappa shape index (κ3) is 2.38. The van der Waals surface area contributed by atoms with Crippen molar-refractivity contribution in [2.45, 2.75) is 37.1 Å². The van der Waals surface area contributed by atoms with Gasteiger partial charge in [0.15, 0.2) is 0 Å². The minimum atomic E-state index is -3.80. The van der Waals surface area contributed by atoms with Crippen LogP contribution in [0.5, 0.6) is 0 Å². The van der Waals surface area contributed by atoms with Crippen LogP contribution in [0.2, 0.25) is 0 Å². The topological polar surface area (TPSA) is 74.7 Å². The lowest BCUT2D eigenvalue weighted by Gasteiger charge is -2.30. The SMILES string of the molecule is Cc1cc(S(=O)(=O)N2CCCC2(C)C(=O)O)ccc1Br. The quantitative estimate of drug-likeness (QED) is 0.896. The van der Waals surface area contributed by atoms with Crippen LogP contribution in [0.15, 0.2) is 27.6 Å². The lowest BCUT2D eigenvalue weighted by molar-refractivity contribution is -0.146. The largest absolute Gasteiger partial charge is 0.480 e. The Morgan fingerprint density at radius 1 is 1.45 bits per heavy atom. The first-order valence-corrected chi connectivity index (χ1v) is 8.45. The predicted octanol–water partition coefficient (Wildman–Crippen LogP) is 2.39. The van der Waals surface area contributed by atoms with Crippen LogP contribution in [0.25, 0.3) is 0 Å². The summed E-state index contributed by atoms with van der Waals surface area (Å²) < 4.78 is 27.3. The zero-order valence-electron chi connectivity index (χ0n) is 11.3. The Hall–Kier alpha value is -0.920. The summed E-state index contributed by atoms with van der Waals surface area (Å²) >= 11 is 3.32. The first kappa shape index (κ1) is 15.5. The van der Waals surface area contributed by atoms with E-state index in [0.717, 1.165) is 14.3 Å². The molecular weight excluding hydrogens is 346 g/mol. The average molecular weight is 362 g/mol. The summed E-state index contributed by atoms with van der Waals surface area (Å²) in [7, 11) is -3.80. The molecule has 0 aliphatic carbocycles. The Labute approximate surface area is 126 Å². The molecule has 1 aliphatic heterocycles. The van der Waals surface area contributed by atoms with Crippen LogP contribution in [-0.2, 0) is 14.8 Å². The van der Waals surface area contributed by atoms with Gasteiger partial charge in [-0.15, -0.1) is 0 Å². The minimum Gasteiger partial charge on any atom is -0.480 e. The van der Waals surface area contributed by atoms with Gasteiger partial charge < -0.3 is 5.11 Å². The fourth-order valence-corrected chi connectivity index (χ4v) is 4.58. The number of rotatable bonds is 3. The third-order valence-corrected chi connectivity index (χ3v) is 6.66. The Kier molecular flexibility index (Phi) is 3.96. The van der Waals surface area contributed by atoms with Gasteiger partial charge in [0.25, 0.3) is 0 Å². The molecule has 1 heterocycles. The molecule has 5 nitrogen and oxygen atoms in total. The van der Waals surface area contributed by atoms with Crippen molar-refractivity contribution in [1.82, 2.24) is 4.31 Å². The molecule has 0 amide bonds. The highest BCUT2D eigenvalue weighted by molar-refractivity contribution is 9.10. The lowest BCUT2D eigenvalue weighted by atomic mass is 10.0. The molecule has 2 rings (SSSR count). The van der Waals surface area contributed by atoms with Crippen LogP contribution < -0.4 is 0 Å². The second-order valence-electron chi connectivity index (χ2n) is 5.17. The van der Waals surface area contributed by atoms with Gasteiger partial charge in [-0.2, -0.15) is 4.31 Å². The van der Waals surface area contributed by atoms with Crippen LogP contribution in [-0.4, -0.2) is 35.9 Å². The normalized spacial score (nSPS) is 23.9. The molecule has 0 saturated carbocycles. The summed E-state index contributed by atoms with van der Waals surface area (Å²) in [5.74, 6) is -1.10. The standard InChI is InChI=1S/C13H16BrNO4S/c1-9-8-10(4-5-11(9)14)20(18,19)15-7-3-6-13(15,2)12(16)17/h4-5,8H,3,6-7H2,1-2H3,(H,16,17). The first-order chi connectivity index (χ1) is 9.19. The number of aryl methyl sites for hydroxylation is 1. The van der Waals surface area contributed by atoms with E-state index in [9.17, 15) is 18.3 Å². The fourth-order valence-electron chi connectivity index (χ4n) is 2.44. The van der Waals surface area contributed by atoms with E-state index in [1.807, 2.05) is 0 Å². The van der Waals surface area contributed by atoms with Crippen molar-refractivity contribution in [2.75, 3.05) is 6.54 Å². The van der Waals surface area contributed by atoms with Gasteiger partial charge >= 0.3 is 5.97 Å².